The quantitative estimate of drug-likeness (QED) is 0.880. The molecule has 1 aromatic rings. The number of benzene rings is 1. The molecule has 0 aromatic heterocycles. The molecule has 1 atom stereocenters. The zero-order valence-corrected chi connectivity index (χ0v) is 10.6. The van der Waals surface area contributed by atoms with E-state index < -0.39 is 0 Å². The van der Waals surface area contributed by atoms with Crippen molar-refractivity contribution in [3.05, 3.63) is 28.8 Å². The molecule has 94 valence electrons. The number of aliphatic hydroxyl groups is 1. The maximum atomic E-state index is 9.52. The van der Waals surface area contributed by atoms with Crippen LogP contribution in [0.2, 0.25) is 5.02 Å². The lowest BCUT2D eigenvalue weighted by atomic mass is 9.88. The molecule has 0 aliphatic carbocycles. The van der Waals surface area contributed by atoms with Crippen molar-refractivity contribution in [3.8, 4) is 5.75 Å². The van der Waals surface area contributed by atoms with Crippen LogP contribution in [0.1, 0.15) is 17.9 Å². The third kappa shape index (κ3) is 2.92. The molecule has 0 spiro atoms. The fourth-order valence-corrected chi connectivity index (χ4v) is 2.33. The van der Waals surface area contributed by atoms with E-state index in [-0.39, 0.29) is 12.5 Å². The van der Waals surface area contributed by atoms with Crippen LogP contribution in [-0.4, -0.2) is 32.0 Å². The van der Waals surface area contributed by atoms with Crippen LogP contribution in [0.5, 0.6) is 5.75 Å². The van der Waals surface area contributed by atoms with Gasteiger partial charge in [0.25, 0.3) is 0 Å². The van der Waals surface area contributed by atoms with Gasteiger partial charge < -0.3 is 14.6 Å². The number of aliphatic hydroxyl groups excluding tert-OH is 1. The molecule has 1 fully saturated rings. The summed E-state index contributed by atoms with van der Waals surface area (Å²) in [5, 5.41) is 10.2. The molecule has 1 unspecified atom stereocenters. The molecule has 1 aliphatic rings. The first-order valence-corrected chi connectivity index (χ1v) is 6.14. The van der Waals surface area contributed by atoms with Crippen molar-refractivity contribution in [1.29, 1.82) is 0 Å². The van der Waals surface area contributed by atoms with Crippen LogP contribution in [-0.2, 0) is 4.74 Å². The second kappa shape index (κ2) is 5.71. The van der Waals surface area contributed by atoms with E-state index in [0.717, 1.165) is 30.9 Å². The van der Waals surface area contributed by atoms with Crippen molar-refractivity contribution in [2.24, 2.45) is 5.92 Å². The summed E-state index contributed by atoms with van der Waals surface area (Å²) in [6, 6.07) is 5.52. The zero-order chi connectivity index (χ0) is 12.3. The van der Waals surface area contributed by atoms with Gasteiger partial charge >= 0.3 is 0 Å². The lowest BCUT2D eigenvalue weighted by Gasteiger charge is -2.29. The molecule has 3 nitrogen and oxygen atoms in total. The third-order valence-corrected chi connectivity index (χ3v) is 3.41. The molecule has 1 aliphatic heterocycles. The first-order chi connectivity index (χ1) is 8.24. The zero-order valence-electron chi connectivity index (χ0n) is 9.86. The van der Waals surface area contributed by atoms with Gasteiger partial charge in [-0.15, -0.1) is 0 Å². The first kappa shape index (κ1) is 12.7. The summed E-state index contributed by atoms with van der Waals surface area (Å²) in [7, 11) is 1.63. The van der Waals surface area contributed by atoms with E-state index in [1.165, 1.54) is 0 Å². The monoisotopic (exact) mass is 256 g/mol. The van der Waals surface area contributed by atoms with Crippen molar-refractivity contribution >= 4 is 11.6 Å². The molecule has 4 heteroatoms. The van der Waals surface area contributed by atoms with Gasteiger partial charge in [0.05, 0.1) is 26.9 Å². The minimum absolute atomic E-state index is 0.0672. The SMILES string of the molecule is COc1ccc(Cl)cc1C(CO)CC1COC1. The molecule has 0 amide bonds. The predicted molar refractivity (Wildman–Crippen MR) is 66.8 cm³/mol. The van der Waals surface area contributed by atoms with Gasteiger partial charge in [0.1, 0.15) is 5.75 Å². The van der Waals surface area contributed by atoms with Gasteiger partial charge in [0, 0.05) is 22.4 Å². The summed E-state index contributed by atoms with van der Waals surface area (Å²) in [5.41, 5.74) is 0.981. The van der Waals surface area contributed by atoms with Crippen molar-refractivity contribution in [1.82, 2.24) is 0 Å². The van der Waals surface area contributed by atoms with Crippen LogP contribution in [0.3, 0.4) is 0 Å². The summed E-state index contributed by atoms with van der Waals surface area (Å²) >= 11 is 6.00. The highest BCUT2D eigenvalue weighted by molar-refractivity contribution is 6.30. The Morgan fingerprint density at radius 3 is 2.82 bits per heavy atom. The second-order valence-electron chi connectivity index (χ2n) is 4.40. The Hall–Kier alpha value is -0.770. The minimum Gasteiger partial charge on any atom is -0.496 e. The number of rotatable bonds is 5. The Kier molecular flexibility index (Phi) is 4.26. The third-order valence-electron chi connectivity index (χ3n) is 3.18. The number of ether oxygens (including phenoxy) is 2. The highest BCUT2D eigenvalue weighted by Gasteiger charge is 2.25. The van der Waals surface area contributed by atoms with Crippen molar-refractivity contribution in [2.75, 3.05) is 26.9 Å². The van der Waals surface area contributed by atoms with Crippen LogP contribution in [0.25, 0.3) is 0 Å². The number of halogens is 1. The average Bonchev–Trinajstić information content (AvgIpc) is 2.28. The molecular weight excluding hydrogens is 240 g/mol. The molecular formula is C13H17ClO3. The van der Waals surface area contributed by atoms with Crippen LogP contribution in [0.15, 0.2) is 18.2 Å². The Morgan fingerprint density at radius 1 is 1.53 bits per heavy atom. The summed E-state index contributed by atoms with van der Waals surface area (Å²) in [5.74, 6) is 1.39. The molecule has 1 heterocycles. The molecule has 1 aromatic carbocycles. The van der Waals surface area contributed by atoms with Gasteiger partial charge in [-0.2, -0.15) is 0 Å². The molecule has 1 N–H and O–H groups in total. The van der Waals surface area contributed by atoms with Gasteiger partial charge in [-0.1, -0.05) is 11.6 Å². The molecule has 0 saturated carbocycles. The Labute approximate surface area is 106 Å². The molecule has 1 saturated heterocycles. The smallest absolute Gasteiger partial charge is 0.122 e. The van der Waals surface area contributed by atoms with Crippen LogP contribution >= 0.6 is 11.6 Å². The van der Waals surface area contributed by atoms with Gasteiger partial charge in [0.2, 0.25) is 0 Å². The van der Waals surface area contributed by atoms with E-state index in [1.54, 1.807) is 13.2 Å². The maximum absolute atomic E-state index is 9.52. The molecule has 0 bridgehead atoms. The largest absolute Gasteiger partial charge is 0.496 e. The topological polar surface area (TPSA) is 38.7 Å². The Balaban J connectivity index is 2.18. The predicted octanol–water partition coefficient (Wildman–Crippen LogP) is 2.46. The fourth-order valence-electron chi connectivity index (χ4n) is 2.15. The summed E-state index contributed by atoms with van der Waals surface area (Å²) < 4.78 is 10.5. The summed E-state index contributed by atoms with van der Waals surface area (Å²) in [6.07, 6.45) is 0.910. The van der Waals surface area contributed by atoms with E-state index in [0.29, 0.717) is 10.9 Å². The van der Waals surface area contributed by atoms with Crippen molar-refractivity contribution in [3.63, 3.8) is 0 Å². The minimum atomic E-state index is 0.0672. The Morgan fingerprint density at radius 2 is 2.29 bits per heavy atom. The van der Waals surface area contributed by atoms with Crippen LogP contribution < -0.4 is 4.74 Å². The van der Waals surface area contributed by atoms with E-state index in [4.69, 9.17) is 21.1 Å². The van der Waals surface area contributed by atoms with Crippen molar-refractivity contribution < 1.29 is 14.6 Å². The van der Waals surface area contributed by atoms with Crippen LogP contribution in [0, 0.1) is 5.92 Å². The highest BCUT2D eigenvalue weighted by atomic mass is 35.5. The summed E-state index contributed by atoms with van der Waals surface area (Å²) in [6.45, 7) is 1.69. The number of hydrogen-bond donors (Lipinski definition) is 1. The number of hydrogen-bond acceptors (Lipinski definition) is 3. The van der Waals surface area contributed by atoms with E-state index in [2.05, 4.69) is 0 Å². The lowest BCUT2D eigenvalue weighted by Crippen LogP contribution is -2.29. The maximum Gasteiger partial charge on any atom is 0.122 e. The van der Waals surface area contributed by atoms with Gasteiger partial charge in [-0.3, -0.25) is 0 Å². The number of methoxy groups -OCH3 is 1. The molecule has 2 rings (SSSR count). The average molecular weight is 257 g/mol. The van der Waals surface area contributed by atoms with Gasteiger partial charge in [0.15, 0.2) is 0 Å². The van der Waals surface area contributed by atoms with Gasteiger partial charge in [-0.05, 0) is 24.6 Å². The lowest BCUT2D eigenvalue weighted by molar-refractivity contribution is -0.0406. The van der Waals surface area contributed by atoms with E-state index >= 15 is 0 Å². The first-order valence-electron chi connectivity index (χ1n) is 5.76. The standard InChI is InChI=1S/C13H17ClO3/c1-16-13-3-2-11(14)5-12(13)10(6-15)4-9-7-17-8-9/h2-3,5,9-10,15H,4,6-8H2,1H3. The Bertz CT molecular complexity index is 377. The van der Waals surface area contributed by atoms with Crippen molar-refractivity contribution in [2.45, 2.75) is 12.3 Å². The fraction of sp³-hybridized carbons (Fsp3) is 0.538. The highest BCUT2D eigenvalue weighted by Crippen LogP contribution is 2.34. The van der Waals surface area contributed by atoms with Gasteiger partial charge in [-0.25, -0.2) is 0 Å². The molecule has 0 radical (unpaired) electrons. The summed E-state index contributed by atoms with van der Waals surface area (Å²) in [4.78, 5) is 0. The normalized spacial score (nSPS) is 17.6. The van der Waals surface area contributed by atoms with Crippen LogP contribution in [0.4, 0.5) is 0 Å². The second-order valence-corrected chi connectivity index (χ2v) is 4.84. The van der Waals surface area contributed by atoms with E-state index in [1.807, 2.05) is 12.1 Å². The van der Waals surface area contributed by atoms with E-state index in [9.17, 15) is 5.11 Å². The molecule has 17 heavy (non-hydrogen) atoms.